The molecule has 12 aliphatic rings. The number of rotatable bonds is 14. The summed E-state index contributed by atoms with van der Waals surface area (Å²) in [6, 6.07) is 0.296. The monoisotopic (exact) mass is 1410 g/mol. The molecule has 0 bridgehead atoms. The van der Waals surface area contributed by atoms with Gasteiger partial charge in [0.2, 0.25) is 0 Å². The lowest BCUT2D eigenvalue weighted by Crippen LogP contribution is -2.62. The van der Waals surface area contributed by atoms with Gasteiger partial charge in [-0.3, -0.25) is 14.4 Å². The van der Waals surface area contributed by atoms with Crippen LogP contribution >= 0.6 is 0 Å². The fourth-order valence-electron chi connectivity index (χ4n) is 26.8. The molecule has 33 atom stereocenters. The standard InChI is InChI=1S/C25H41N3O4.C25H43NO4.C25H42O5.C4H8N2O2/c1-14(5-8-22(31)32-4)17-6-7-18-23-19(13-21(30)25(17,18)3)24(2)10-9-16(27-28-26)11-15(24)12-20(23)29;2*1-14(5-8-22(29)30-4)17-6-7-18-23-19(13-21(28)25(17,18)3)24(2)10-9-16(26)11-15(24)12-20(23)27;1-3-8-4(7)6-5-2/h14-21,23,29-30H,5-13H2,1-4H3;14-21,23,27-28H,5-13,26H2,1-4H3;14-21,23,26-28H,5-13H2,1-4H3;3H2,1-2H3/t2*14?,15-,16-,17?,18?,19?,20+,21-,23?,24-,25+;14?,15-,16+,17?,18?,19?,20+,21-,23?,24-,25+;/m000./s1. The molecule has 12 rings (SSSR count). The number of esters is 3. The van der Waals surface area contributed by atoms with Gasteiger partial charge in [-0.1, -0.05) is 72.5 Å². The molecule has 21 heteroatoms. The Morgan fingerprint density at radius 1 is 0.490 bits per heavy atom. The van der Waals surface area contributed by atoms with Gasteiger partial charge in [-0.15, -0.1) is 0 Å². The molecule has 1 amide bonds. The lowest BCUT2D eigenvalue weighted by atomic mass is 9.43. The van der Waals surface area contributed by atoms with Gasteiger partial charge in [-0.25, -0.2) is 4.79 Å². The number of azo groups is 1. The van der Waals surface area contributed by atoms with Crippen molar-refractivity contribution in [2.45, 2.75) is 297 Å². The molecule has 0 aromatic heterocycles. The van der Waals surface area contributed by atoms with Crippen molar-refractivity contribution in [1.29, 1.82) is 0 Å². The summed E-state index contributed by atoms with van der Waals surface area (Å²) in [4.78, 5) is 48.2. The number of carbonyl (C=O) groups is 4. The van der Waals surface area contributed by atoms with Crippen molar-refractivity contribution < 1.29 is 73.9 Å². The first-order valence-electron chi connectivity index (χ1n) is 39.5. The van der Waals surface area contributed by atoms with Crippen molar-refractivity contribution in [3.05, 3.63) is 10.4 Å². The number of nitrogens with zero attached hydrogens (tertiary/aromatic N) is 5. The Balaban J connectivity index is 0.000000166. The second-order valence-electron chi connectivity index (χ2n) is 36.2. The fraction of sp³-hybridized carbons (Fsp3) is 0.949. The van der Waals surface area contributed by atoms with E-state index in [0.29, 0.717) is 115 Å². The Hall–Kier alpha value is -3.53. The SMILES string of the molecule is CCOC(=O)N=NC.COC(=O)CCC(C)C1CCC2C3C(C[C@H](O)[C@]12C)[C@@]1(C)CC[C@@H](O)C[C@H]1C[C@H]3O.COC(=O)CCC(C)C1CCC2C3C(C[C@H](O)[C@]12C)[C@@]1(C)CC[C@H](N)C[C@H]1C[C@H]3O.COC(=O)CCC(C)C1CCC2C3C(C[C@H](O)[C@]12C)[C@@]1(C)CC[C@H](N=[N+]=[N-])C[C@H]1C[C@H]3O. The van der Waals surface area contributed by atoms with Gasteiger partial charge in [0.05, 0.1) is 70.7 Å². The molecule has 0 aromatic carbocycles. The lowest BCUT2D eigenvalue weighted by Gasteiger charge is -2.63. The highest BCUT2D eigenvalue weighted by Crippen LogP contribution is 2.72. The van der Waals surface area contributed by atoms with Crippen LogP contribution < -0.4 is 5.73 Å². The second-order valence-corrected chi connectivity index (χ2v) is 36.2. The summed E-state index contributed by atoms with van der Waals surface area (Å²) in [7, 11) is 5.73. The number of amides is 1. The molecule has 12 saturated carbocycles. The Morgan fingerprint density at radius 3 is 1.19 bits per heavy atom. The minimum Gasteiger partial charge on any atom is -0.469 e. The number of aliphatic hydroxyl groups excluding tert-OH is 7. The van der Waals surface area contributed by atoms with Crippen LogP contribution in [0.15, 0.2) is 15.3 Å². The van der Waals surface area contributed by atoms with Crippen LogP contribution in [0.2, 0.25) is 0 Å². The third-order valence-electron chi connectivity index (χ3n) is 32.4. The number of methoxy groups -OCH3 is 3. The molecule has 0 heterocycles. The predicted octanol–water partition coefficient (Wildman–Crippen LogP) is 13.1. The number of hydrogen-bond donors (Lipinski definition) is 8. The zero-order valence-corrected chi connectivity index (χ0v) is 63.6. The number of carbonyl (C=O) groups excluding carboxylic acids is 4. The maximum Gasteiger partial charge on any atom is 0.452 e. The van der Waals surface area contributed by atoms with E-state index >= 15 is 0 Å². The second kappa shape index (κ2) is 32.7. The molecule has 0 aliphatic heterocycles. The normalized spacial score (nSPS) is 47.2. The highest BCUT2D eigenvalue weighted by Gasteiger charge is 2.69. The average Bonchev–Trinajstić information content (AvgIpc) is 1.61. The summed E-state index contributed by atoms with van der Waals surface area (Å²) in [5.41, 5.74) is 15.0. The summed E-state index contributed by atoms with van der Waals surface area (Å²) in [6.07, 6.45) is 20.5. The van der Waals surface area contributed by atoms with Crippen LogP contribution in [0.4, 0.5) is 4.79 Å². The first-order valence-corrected chi connectivity index (χ1v) is 39.5. The van der Waals surface area contributed by atoms with E-state index in [4.69, 9.17) is 25.5 Å². The van der Waals surface area contributed by atoms with Gasteiger partial charge in [0.25, 0.3) is 0 Å². The molecule has 12 fully saturated rings. The fourth-order valence-corrected chi connectivity index (χ4v) is 26.8. The molecule has 0 spiro atoms. The van der Waals surface area contributed by atoms with Gasteiger partial charge in [-0.2, -0.15) is 5.11 Å². The maximum atomic E-state index is 11.7. The molecule has 100 heavy (non-hydrogen) atoms. The Kier molecular flexibility index (Phi) is 26.3. The molecule has 570 valence electrons. The van der Waals surface area contributed by atoms with Crippen LogP contribution in [0, 0.1) is 139 Å². The molecule has 15 unspecified atom stereocenters. The zero-order valence-electron chi connectivity index (χ0n) is 63.6. The number of nitrogens with two attached hydrogens (primary N) is 1. The first kappa shape index (κ1) is 80.6. The average molecular weight is 1410 g/mol. The smallest absolute Gasteiger partial charge is 0.452 e. The highest BCUT2D eigenvalue weighted by molar-refractivity contribution is 5.70. The van der Waals surface area contributed by atoms with E-state index in [1.807, 2.05) is 0 Å². The summed E-state index contributed by atoms with van der Waals surface area (Å²) in [5, 5.41) is 89.3. The van der Waals surface area contributed by atoms with Crippen molar-refractivity contribution >= 4 is 24.0 Å². The quantitative estimate of drug-likeness (QED) is 0.0263. The van der Waals surface area contributed by atoms with E-state index in [2.05, 4.69) is 87.3 Å². The molecule has 9 N–H and O–H groups in total. The predicted molar refractivity (Wildman–Crippen MR) is 380 cm³/mol. The van der Waals surface area contributed by atoms with E-state index < -0.39 is 6.09 Å². The van der Waals surface area contributed by atoms with Crippen molar-refractivity contribution in [2.24, 2.45) is 160 Å². The van der Waals surface area contributed by atoms with E-state index in [1.54, 1.807) is 6.92 Å². The van der Waals surface area contributed by atoms with Crippen molar-refractivity contribution in [3.8, 4) is 0 Å². The zero-order chi connectivity index (χ0) is 73.4. The molecule has 21 nitrogen and oxygen atoms in total. The van der Waals surface area contributed by atoms with Crippen LogP contribution in [0.5, 0.6) is 0 Å². The Bertz CT molecular complexity index is 2760. The molecular formula is C79H134N6O15. The Labute approximate surface area is 598 Å². The molecule has 12 aliphatic carbocycles. The summed E-state index contributed by atoms with van der Waals surface area (Å²) in [5.74, 6) is 5.62. The van der Waals surface area contributed by atoms with Gasteiger partial charge in [0.1, 0.15) is 0 Å². The Morgan fingerprint density at radius 2 is 0.840 bits per heavy atom. The third kappa shape index (κ3) is 15.1. The van der Waals surface area contributed by atoms with Gasteiger partial charge in [-0.05, 0) is 306 Å². The van der Waals surface area contributed by atoms with E-state index in [9.17, 15) is 54.9 Å². The summed E-state index contributed by atoms with van der Waals surface area (Å²) in [6.45, 7) is 22.7. The van der Waals surface area contributed by atoms with Crippen LogP contribution in [0.25, 0.3) is 10.4 Å². The lowest BCUT2D eigenvalue weighted by molar-refractivity contribution is -0.207. The van der Waals surface area contributed by atoms with Crippen LogP contribution in [0.3, 0.4) is 0 Å². The van der Waals surface area contributed by atoms with Crippen molar-refractivity contribution in [1.82, 2.24) is 0 Å². The first-order chi connectivity index (χ1) is 47.2. The van der Waals surface area contributed by atoms with Crippen LogP contribution in [-0.2, 0) is 33.3 Å². The topological polar surface area (TPSA) is 346 Å². The number of hydrogen-bond acceptors (Lipinski definition) is 18. The van der Waals surface area contributed by atoms with E-state index in [1.165, 1.54) is 28.4 Å². The largest absolute Gasteiger partial charge is 0.469 e. The molecule has 0 saturated heterocycles. The van der Waals surface area contributed by atoms with Crippen LogP contribution in [-0.4, -0.2) is 150 Å². The molecular weight excluding hydrogens is 1270 g/mol. The number of azide groups is 1. The minimum atomic E-state index is -0.630. The molecule has 0 radical (unpaired) electrons. The number of aliphatic hydroxyl groups is 7. The highest BCUT2D eigenvalue weighted by atomic mass is 16.5. The van der Waals surface area contributed by atoms with Gasteiger partial charge in [0.15, 0.2) is 0 Å². The number of ether oxygens (including phenoxy) is 4. The summed E-state index contributed by atoms with van der Waals surface area (Å²) >= 11 is 0. The van der Waals surface area contributed by atoms with Gasteiger partial charge in [0, 0.05) is 43.3 Å². The third-order valence-corrected chi connectivity index (χ3v) is 32.4. The molecule has 0 aromatic rings. The maximum absolute atomic E-state index is 11.7. The van der Waals surface area contributed by atoms with E-state index in [0.717, 1.165) is 154 Å². The summed E-state index contributed by atoms with van der Waals surface area (Å²) < 4.78 is 18.9. The van der Waals surface area contributed by atoms with Gasteiger partial charge < -0.3 is 60.4 Å². The minimum absolute atomic E-state index is 0.0344. The van der Waals surface area contributed by atoms with E-state index in [-0.39, 0.29) is 123 Å². The van der Waals surface area contributed by atoms with Crippen molar-refractivity contribution in [3.63, 3.8) is 0 Å². The van der Waals surface area contributed by atoms with Crippen LogP contribution in [0.1, 0.15) is 243 Å². The number of fused-ring (bicyclic) bond motifs is 15. The van der Waals surface area contributed by atoms with Crippen molar-refractivity contribution in [2.75, 3.05) is 35.0 Å². The van der Waals surface area contributed by atoms with Gasteiger partial charge >= 0.3 is 24.0 Å².